The van der Waals surface area contributed by atoms with Crippen LogP contribution in [0.25, 0.3) is 6.08 Å². The summed E-state index contributed by atoms with van der Waals surface area (Å²) in [6.45, 7) is 5.94. The van der Waals surface area contributed by atoms with Crippen LogP contribution >= 0.6 is 11.6 Å². The van der Waals surface area contributed by atoms with Crippen LogP contribution in [0, 0.1) is 5.92 Å². The zero-order valence-corrected chi connectivity index (χ0v) is 23.5. The summed E-state index contributed by atoms with van der Waals surface area (Å²) in [5.74, 6) is 0.237. The van der Waals surface area contributed by atoms with Gasteiger partial charge in [-0.15, -0.1) is 0 Å². The van der Waals surface area contributed by atoms with E-state index in [1.807, 2.05) is 29.2 Å². The van der Waals surface area contributed by atoms with Crippen LogP contribution in [0.5, 0.6) is 0 Å². The average Bonchev–Trinajstić information content (AvgIpc) is 3.13. The SMILES string of the molecule is CCC(C)[C@@H]1N[C@H](CNC(=O)C=Cc2ccc(Cl)cc2)CCN(CC(c2ccccc2)c2ccccc2)C1=O. The molecule has 0 spiro atoms. The maximum absolute atomic E-state index is 13.9. The molecular formula is C33H38ClN3O2. The summed E-state index contributed by atoms with van der Waals surface area (Å²) in [6.07, 6.45) is 4.96. The Bertz CT molecular complexity index is 1190. The van der Waals surface area contributed by atoms with Crippen molar-refractivity contribution in [2.75, 3.05) is 19.6 Å². The zero-order valence-electron chi connectivity index (χ0n) is 22.7. The van der Waals surface area contributed by atoms with Gasteiger partial charge in [0.05, 0.1) is 6.04 Å². The van der Waals surface area contributed by atoms with E-state index in [4.69, 9.17) is 11.6 Å². The third-order valence-corrected chi connectivity index (χ3v) is 7.83. The van der Waals surface area contributed by atoms with Gasteiger partial charge in [0.1, 0.15) is 0 Å². The Morgan fingerprint density at radius 2 is 1.64 bits per heavy atom. The molecule has 5 nitrogen and oxygen atoms in total. The molecule has 2 N–H and O–H groups in total. The van der Waals surface area contributed by atoms with E-state index in [-0.39, 0.29) is 35.7 Å². The molecule has 3 aromatic rings. The molecule has 0 saturated carbocycles. The Hall–Kier alpha value is -3.41. The van der Waals surface area contributed by atoms with Gasteiger partial charge in [0.2, 0.25) is 11.8 Å². The molecule has 0 radical (unpaired) electrons. The molecule has 1 aliphatic rings. The quantitative estimate of drug-likeness (QED) is 0.313. The number of hydrogen-bond donors (Lipinski definition) is 2. The predicted octanol–water partition coefficient (Wildman–Crippen LogP) is 5.91. The molecule has 1 heterocycles. The summed E-state index contributed by atoms with van der Waals surface area (Å²) >= 11 is 5.94. The van der Waals surface area contributed by atoms with E-state index in [0.717, 1.165) is 18.4 Å². The summed E-state index contributed by atoms with van der Waals surface area (Å²) < 4.78 is 0. The highest BCUT2D eigenvalue weighted by molar-refractivity contribution is 6.30. The molecule has 3 atom stereocenters. The third-order valence-electron chi connectivity index (χ3n) is 7.58. The first-order chi connectivity index (χ1) is 18.9. The number of nitrogens with one attached hydrogen (secondary N) is 2. The maximum Gasteiger partial charge on any atom is 0.244 e. The molecule has 3 aromatic carbocycles. The van der Waals surface area contributed by atoms with Crippen LogP contribution in [0.2, 0.25) is 5.02 Å². The Morgan fingerprint density at radius 1 is 1.03 bits per heavy atom. The first-order valence-electron chi connectivity index (χ1n) is 13.8. The van der Waals surface area contributed by atoms with Crippen LogP contribution in [0.4, 0.5) is 0 Å². The number of nitrogens with zero attached hydrogens (tertiary/aromatic N) is 1. The van der Waals surface area contributed by atoms with E-state index in [0.29, 0.717) is 24.7 Å². The highest BCUT2D eigenvalue weighted by atomic mass is 35.5. The minimum atomic E-state index is -0.295. The third kappa shape index (κ3) is 8.04. The molecule has 1 saturated heterocycles. The van der Waals surface area contributed by atoms with E-state index >= 15 is 0 Å². The Balaban J connectivity index is 1.46. The number of amides is 2. The van der Waals surface area contributed by atoms with E-state index in [1.165, 1.54) is 17.2 Å². The highest BCUT2D eigenvalue weighted by Crippen LogP contribution is 2.27. The molecule has 2 amide bonds. The molecule has 204 valence electrons. The summed E-state index contributed by atoms with van der Waals surface area (Å²) in [6, 6.07) is 27.9. The van der Waals surface area contributed by atoms with Crippen molar-refractivity contribution in [2.45, 2.75) is 44.7 Å². The second-order valence-electron chi connectivity index (χ2n) is 10.3. The summed E-state index contributed by atoms with van der Waals surface area (Å²) in [5, 5.41) is 7.27. The lowest BCUT2D eigenvalue weighted by Crippen LogP contribution is -2.52. The van der Waals surface area contributed by atoms with Crippen LogP contribution in [-0.4, -0.2) is 48.4 Å². The molecule has 1 fully saturated rings. The Labute approximate surface area is 237 Å². The number of carbonyl (C=O) groups is 2. The molecule has 4 rings (SSSR count). The highest BCUT2D eigenvalue weighted by Gasteiger charge is 2.35. The summed E-state index contributed by atoms with van der Waals surface area (Å²) in [5.41, 5.74) is 3.31. The van der Waals surface area contributed by atoms with Crippen LogP contribution in [0.3, 0.4) is 0 Å². The lowest BCUT2D eigenvalue weighted by Gasteiger charge is -2.31. The van der Waals surface area contributed by atoms with Crippen molar-refractivity contribution >= 4 is 29.5 Å². The van der Waals surface area contributed by atoms with Gasteiger partial charge in [0.25, 0.3) is 0 Å². The molecule has 39 heavy (non-hydrogen) atoms. The molecule has 0 aliphatic carbocycles. The summed E-state index contributed by atoms with van der Waals surface area (Å²) in [7, 11) is 0. The van der Waals surface area contributed by atoms with Gasteiger partial charge in [0, 0.05) is 42.7 Å². The fourth-order valence-corrected chi connectivity index (χ4v) is 5.16. The van der Waals surface area contributed by atoms with Gasteiger partial charge in [-0.25, -0.2) is 0 Å². The van der Waals surface area contributed by atoms with E-state index in [9.17, 15) is 9.59 Å². The minimum absolute atomic E-state index is 0.00210. The van der Waals surface area contributed by atoms with Gasteiger partial charge < -0.3 is 15.5 Å². The van der Waals surface area contributed by atoms with Crippen LogP contribution in [0.15, 0.2) is 91.0 Å². The second kappa shape index (κ2) is 14.1. The standard InChI is InChI=1S/C33H38ClN3O2/c1-3-24(2)32-33(39)37(23-30(26-10-6-4-7-11-26)27-12-8-5-9-13-27)21-20-29(36-32)22-35-31(38)19-16-25-14-17-28(34)18-15-25/h4-19,24,29-30,32,36H,3,20-23H2,1-2H3,(H,35,38)/t24?,29-,32-/m0/s1. The number of halogens is 1. The van der Waals surface area contributed by atoms with Crippen molar-refractivity contribution in [1.82, 2.24) is 15.5 Å². The average molecular weight is 544 g/mol. The fourth-order valence-electron chi connectivity index (χ4n) is 5.04. The number of carbonyl (C=O) groups excluding carboxylic acids is 2. The monoisotopic (exact) mass is 543 g/mol. The topological polar surface area (TPSA) is 61.4 Å². The molecule has 1 unspecified atom stereocenters. The lowest BCUT2D eigenvalue weighted by molar-refractivity contribution is -0.134. The van der Waals surface area contributed by atoms with Crippen molar-refractivity contribution in [3.05, 3.63) is 113 Å². The van der Waals surface area contributed by atoms with Gasteiger partial charge in [-0.2, -0.15) is 0 Å². The second-order valence-corrected chi connectivity index (χ2v) is 10.7. The maximum atomic E-state index is 13.9. The Morgan fingerprint density at radius 3 is 2.23 bits per heavy atom. The predicted molar refractivity (Wildman–Crippen MR) is 160 cm³/mol. The zero-order chi connectivity index (χ0) is 27.6. The lowest BCUT2D eigenvalue weighted by atomic mass is 9.90. The van der Waals surface area contributed by atoms with Crippen LogP contribution in [-0.2, 0) is 9.59 Å². The Kier molecular flexibility index (Phi) is 10.3. The minimum Gasteiger partial charge on any atom is -0.351 e. The van der Waals surface area contributed by atoms with Gasteiger partial charge in [-0.1, -0.05) is 105 Å². The van der Waals surface area contributed by atoms with E-state index < -0.39 is 0 Å². The van der Waals surface area contributed by atoms with Crippen molar-refractivity contribution in [3.63, 3.8) is 0 Å². The van der Waals surface area contributed by atoms with Crippen molar-refractivity contribution in [1.29, 1.82) is 0 Å². The van der Waals surface area contributed by atoms with E-state index in [2.05, 4.69) is 73.0 Å². The molecule has 1 aliphatic heterocycles. The van der Waals surface area contributed by atoms with E-state index in [1.54, 1.807) is 18.2 Å². The van der Waals surface area contributed by atoms with Gasteiger partial charge >= 0.3 is 0 Å². The smallest absolute Gasteiger partial charge is 0.244 e. The van der Waals surface area contributed by atoms with Crippen LogP contribution < -0.4 is 10.6 Å². The first-order valence-corrected chi connectivity index (χ1v) is 14.2. The number of rotatable bonds is 10. The molecule has 6 heteroatoms. The molecule has 0 bridgehead atoms. The molecular weight excluding hydrogens is 506 g/mol. The first kappa shape index (κ1) is 28.6. The normalized spacial score (nSPS) is 18.8. The number of hydrogen-bond acceptors (Lipinski definition) is 3. The van der Waals surface area contributed by atoms with Crippen molar-refractivity contribution in [3.8, 4) is 0 Å². The van der Waals surface area contributed by atoms with Crippen molar-refractivity contribution in [2.24, 2.45) is 5.92 Å². The van der Waals surface area contributed by atoms with Gasteiger partial charge in [-0.3, -0.25) is 9.59 Å². The number of benzene rings is 3. The van der Waals surface area contributed by atoms with Gasteiger partial charge in [0.15, 0.2) is 0 Å². The van der Waals surface area contributed by atoms with Crippen molar-refractivity contribution < 1.29 is 9.59 Å². The molecule has 0 aromatic heterocycles. The fraction of sp³-hybridized carbons (Fsp3) is 0.333. The largest absolute Gasteiger partial charge is 0.351 e. The van der Waals surface area contributed by atoms with Gasteiger partial charge in [-0.05, 0) is 47.2 Å². The summed E-state index contributed by atoms with van der Waals surface area (Å²) in [4.78, 5) is 28.4. The van der Waals surface area contributed by atoms with Crippen LogP contribution in [0.1, 0.15) is 49.3 Å².